The summed E-state index contributed by atoms with van der Waals surface area (Å²) in [6, 6.07) is 6.11. The third kappa shape index (κ3) is 3.96. The SMILES string of the molecule is O=C(NCC1(O)CCCCCC1)c1ccc(O)cc1. The number of aliphatic hydroxyl groups is 1. The van der Waals surface area contributed by atoms with Crippen LogP contribution in [0.5, 0.6) is 5.75 Å². The Bertz CT molecular complexity index is 420. The molecule has 0 heterocycles. The largest absolute Gasteiger partial charge is 0.508 e. The summed E-state index contributed by atoms with van der Waals surface area (Å²) in [6.07, 6.45) is 5.87. The highest BCUT2D eigenvalue weighted by atomic mass is 16.3. The molecule has 19 heavy (non-hydrogen) atoms. The van der Waals surface area contributed by atoms with Crippen molar-refractivity contribution in [2.75, 3.05) is 6.54 Å². The molecule has 1 aliphatic carbocycles. The van der Waals surface area contributed by atoms with Crippen LogP contribution in [0.15, 0.2) is 24.3 Å². The maximum absolute atomic E-state index is 11.9. The molecule has 1 aromatic carbocycles. The van der Waals surface area contributed by atoms with Crippen molar-refractivity contribution in [2.24, 2.45) is 0 Å². The predicted molar refractivity (Wildman–Crippen MR) is 73.1 cm³/mol. The Balaban J connectivity index is 1.90. The molecule has 1 amide bonds. The van der Waals surface area contributed by atoms with Gasteiger partial charge in [-0.25, -0.2) is 0 Å². The fourth-order valence-electron chi connectivity index (χ4n) is 2.52. The molecule has 0 saturated heterocycles. The number of amides is 1. The van der Waals surface area contributed by atoms with Crippen molar-refractivity contribution in [3.63, 3.8) is 0 Å². The van der Waals surface area contributed by atoms with Gasteiger partial charge < -0.3 is 15.5 Å². The van der Waals surface area contributed by atoms with Gasteiger partial charge in [-0.2, -0.15) is 0 Å². The second-order valence-corrected chi connectivity index (χ2v) is 5.37. The molecule has 0 atom stereocenters. The highest BCUT2D eigenvalue weighted by molar-refractivity contribution is 5.94. The maximum atomic E-state index is 11.9. The summed E-state index contributed by atoms with van der Waals surface area (Å²) >= 11 is 0. The Labute approximate surface area is 113 Å². The average Bonchev–Trinajstić information content (AvgIpc) is 2.62. The third-order valence-corrected chi connectivity index (χ3v) is 3.74. The Morgan fingerprint density at radius 1 is 1.11 bits per heavy atom. The molecule has 1 saturated carbocycles. The lowest BCUT2D eigenvalue weighted by Crippen LogP contribution is -2.42. The van der Waals surface area contributed by atoms with Gasteiger partial charge in [0, 0.05) is 12.1 Å². The molecule has 0 bridgehead atoms. The molecule has 4 heteroatoms. The van der Waals surface area contributed by atoms with Gasteiger partial charge in [0.25, 0.3) is 5.91 Å². The summed E-state index contributed by atoms with van der Waals surface area (Å²) in [4.78, 5) is 11.9. The van der Waals surface area contributed by atoms with Crippen LogP contribution in [0.2, 0.25) is 0 Å². The number of phenols is 1. The first-order valence-corrected chi connectivity index (χ1v) is 6.89. The zero-order chi connectivity index (χ0) is 13.7. The Kier molecular flexibility index (Phi) is 4.43. The van der Waals surface area contributed by atoms with Gasteiger partial charge in [0.05, 0.1) is 5.60 Å². The standard InChI is InChI=1S/C15H21NO3/c17-13-7-5-12(6-8-13)14(18)16-11-15(19)9-3-1-2-4-10-15/h5-8,17,19H,1-4,9-11H2,(H,16,18). The van der Waals surface area contributed by atoms with Gasteiger partial charge in [0.2, 0.25) is 0 Å². The number of rotatable bonds is 3. The minimum atomic E-state index is -0.761. The van der Waals surface area contributed by atoms with E-state index in [1.54, 1.807) is 12.1 Å². The quantitative estimate of drug-likeness (QED) is 0.732. The van der Waals surface area contributed by atoms with Gasteiger partial charge >= 0.3 is 0 Å². The molecule has 4 nitrogen and oxygen atoms in total. The van der Waals surface area contributed by atoms with Crippen molar-refractivity contribution < 1.29 is 15.0 Å². The zero-order valence-corrected chi connectivity index (χ0v) is 11.1. The monoisotopic (exact) mass is 263 g/mol. The van der Waals surface area contributed by atoms with Crippen molar-refractivity contribution in [1.82, 2.24) is 5.32 Å². The van der Waals surface area contributed by atoms with E-state index in [0.29, 0.717) is 12.1 Å². The summed E-state index contributed by atoms with van der Waals surface area (Å²) in [6.45, 7) is 0.298. The smallest absolute Gasteiger partial charge is 0.251 e. The van der Waals surface area contributed by atoms with Gasteiger partial charge in [-0.05, 0) is 37.1 Å². The number of phenolic OH excluding ortho intramolecular Hbond substituents is 1. The van der Waals surface area contributed by atoms with Crippen molar-refractivity contribution in [2.45, 2.75) is 44.1 Å². The van der Waals surface area contributed by atoms with Crippen LogP contribution in [0.4, 0.5) is 0 Å². The van der Waals surface area contributed by atoms with Gasteiger partial charge in [0.1, 0.15) is 5.75 Å². The molecule has 0 spiro atoms. The molecule has 0 aromatic heterocycles. The van der Waals surface area contributed by atoms with Crippen molar-refractivity contribution in [3.8, 4) is 5.75 Å². The van der Waals surface area contributed by atoms with E-state index < -0.39 is 5.60 Å². The van der Waals surface area contributed by atoms with Crippen LogP contribution in [0.1, 0.15) is 48.9 Å². The molecule has 2 rings (SSSR count). The highest BCUT2D eigenvalue weighted by Gasteiger charge is 2.28. The first kappa shape index (κ1) is 13.9. The van der Waals surface area contributed by atoms with E-state index in [2.05, 4.69) is 5.32 Å². The maximum Gasteiger partial charge on any atom is 0.251 e. The number of hydrogen-bond donors (Lipinski definition) is 3. The molecule has 1 aliphatic rings. The van der Waals surface area contributed by atoms with Gasteiger partial charge in [0.15, 0.2) is 0 Å². The van der Waals surface area contributed by atoms with Crippen LogP contribution in [-0.4, -0.2) is 28.3 Å². The van der Waals surface area contributed by atoms with Crippen LogP contribution in [0.3, 0.4) is 0 Å². The minimum Gasteiger partial charge on any atom is -0.508 e. The number of carbonyl (C=O) groups is 1. The lowest BCUT2D eigenvalue weighted by Gasteiger charge is -2.26. The van der Waals surface area contributed by atoms with E-state index in [9.17, 15) is 15.0 Å². The summed E-state index contributed by atoms with van der Waals surface area (Å²) in [5.74, 6) is -0.0726. The molecule has 1 fully saturated rings. The average molecular weight is 263 g/mol. The van der Waals surface area contributed by atoms with Gasteiger partial charge in [-0.1, -0.05) is 25.7 Å². The second-order valence-electron chi connectivity index (χ2n) is 5.37. The van der Waals surface area contributed by atoms with Crippen LogP contribution >= 0.6 is 0 Å². The van der Waals surface area contributed by atoms with Crippen molar-refractivity contribution in [1.29, 1.82) is 0 Å². The lowest BCUT2D eigenvalue weighted by molar-refractivity contribution is 0.0246. The normalized spacial score (nSPS) is 18.6. The summed E-state index contributed by atoms with van der Waals surface area (Å²) in [5, 5.41) is 22.4. The summed E-state index contributed by atoms with van der Waals surface area (Å²) < 4.78 is 0. The Morgan fingerprint density at radius 2 is 1.68 bits per heavy atom. The number of nitrogens with one attached hydrogen (secondary N) is 1. The van der Waals surface area contributed by atoms with E-state index in [1.807, 2.05) is 0 Å². The lowest BCUT2D eigenvalue weighted by atomic mass is 9.94. The Morgan fingerprint density at radius 3 is 2.26 bits per heavy atom. The number of aromatic hydroxyl groups is 1. The molecule has 0 radical (unpaired) electrons. The molecule has 0 aliphatic heterocycles. The van der Waals surface area contributed by atoms with Crippen LogP contribution < -0.4 is 5.32 Å². The number of benzene rings is 1. The van der Waals surface area contributed by atoms with E-state index in [-0.39, 0.29) is 11.7 Å². The van der Waals surface area contributed by atoms with E-state index in [1.165, 1.54) is 12.1 Å². The van der Waals surface area contributed by atoms with Gasteiger partial charge in [-0.3, -0.25) is 4.79 Å². The first-order chi connectivity index (χ1) is 9.09. The fourth-order valence-corrected chi connectivity index (χ4v) is 2.52. The molecule has 104 valence electrons. The molecular weight excluding hydrogens is 242 g/mol. The minimum absolute atomic E-state index is 0.138. The van der Waals surface area contributed by atoms with Gasteiger partial charge in [-0.15, -0.1) is 0 Å². The third-order valence-electron chi connectivity index (χ3n) is 3.74. The van der Waals surface area contributed by atoms with E-state index in [4.69, 9.17) is 0 Å². The number of hydrogen-bond acceptors (Lipinski definition) is 3. The van der Waals surface area contributed by atoms with Crippen molar-refractivity contribution in [3.05, 3.63) is 29.8 Å². The summed E-state index contributed by atoms with van der Waals surface area (Å²) in [5.41, 5.74) is -0.265. The molecule has 0 unspecified atom stereocenters. The van der Waals surface area contributed by atoms with Crippen LogP contribution in [-0.2, 0) is 0 Å². The molecular formula is C15H21NO3. The van der Waals surface area contributed by atoms with E-state index in [0.717, 1.165) is 38.5 Å². The summed E-state index contributed by atoms with van der Waals surface area (Å²) in [7, 11) is 0. The predicted octanol–water partition coefficient (Wildman–Crippen LogP) is 2.21. The highest BCUT2D eigenvalue weighted by Crippen LogP contribution is 2.26. The fraction of sp³-hybridized carbons (Fsp3) is 0.533. The molecule has 1 aromatic rings. The zero-order valence-electron chi connectivity index (χ0n) is 11.1. The molecule has 3 N–H and O–H groups in total. The van der Waals surface area contributed by atoms with E-state index >= 15 is 0 Å². The first-order valence-electron chi connectivity index (χ1n) is 6.89. The van der Waals surface area contributed by atoms with Crippen LogP contribution in [0.25, 0.3) is 0 Å². The van der Waals surface area contributed by atoms with Crippen molar-refractivity contribution >= 4 is 5.91 Å². The Hall–Kier alpha value is -1.55. The van der Waals surface area contributed by atoms with Crippen LogP contribution in [0, 0.1) is 0 Å². The topological polar surface area (TPSA) is 69.6 Å². The number of carbonyl (C=O) groups excluding carboxylic acids is 1. The second kappa shape index (κ2) is 6.06.